The molecule has 0 aromatic heterocycles. The first-order valence-corrected chi connectivity index (χ1v) is 10.7. The van der Waals surface area contributed by atoms with E-state index in [4.69, 9.17) is 5.11 Å². The molecular formula is C20H21FN2O4S. The number of rotatable bonds is 6. The number of hydrogen-bond acceptors (Lipinski definition) is 4. The molecule has 0 amide bonds. The van der Waals surface area contributed by atoms with Gasteiger partial charge in [-0.3, -0.25) is 4.79 Å². The van der Waals surface area contributed by atoms with Gasteiger partial charge in [-0.2, -0.15) is 0 Å². The number of carboxylic acids is 1. The van der Waals surface area contributed by atoms with Crippen LogP contribution in [0.25, 0.3) is 0 Å². The molecule has 0 bridgehead atoms. The number of carbonyl (C=O) groups is 1. The largest absolute Gasteiger partial charge is 0.481 e. The van der Waals surface area contributed by atoms with Crippen molar-refractivity contribution in [3.05, 3.63) is 59.4 Å². The molecule has 0 fully saturated rings. The highest BCUT2D eigenvalue weighted by Gasteiger charge is 2.37. The van der Waals surface area contributed by atoms with Gasteiger partial charge in [-0.25, -0.2) is 17.5 Å². The van der Waals surface area contributed by atoms with Crippen LogP contribution in [0.3, 0.4) is 0 Å². The molecule has 4 rings (SSSR count). The zero-order chi connectivity index (χ0) is 19.9. The van der Waals surface area contributed by atoms with Crippen molar-refractivity contribution in [1.29, 1.82) is 0 Å². The molecule has 148 valence electrons. The minimum Gasteiger partial charge on any atom is -0.481 e. The van der Waals surface area contributed by atoms with Gasteiger partial charge in [0.25, 0.3) is 0 Å². The summed E-state index contributed by atoms with van der Waals surface area (Å²) in [7, 11) is -3.74. The number of halogens is 1. The summed E-state index contributed by atoms with van der Waals surface area (Å²) in [4.78, 5) is 13.1. The highest BCUT2D eigenvalue weighted by atomic mass is 32.2. The van der Waals surface area contributed by atoms with Crippen molar-refractivity contribution >= 4 is 21.7 Å². The molecule has 28 heavy (non-hydrogen) atoms. The Hall–Kier alpha value is -2.45. The fourth-order valence-electron chi connectivity index (χ4n) is 4.30. The molecule has 0 radical (unpaired) electrons. The minimum absolute atomic E-state index is 0.0444. The monoisotopic (exact) mass is 404 g/mol. The smallest absolute Gasteiger partial charge is 0.305 e. The molecule has 0 saturated heterocycles. The molecular weight excluding hydrogens is 383 g/mol. The maximum absolute atomic E-state index is 13.1. The summed E-state index contributed by atoms with van der Waals surface area (Å²) in [6.45, 7) is 1.13. The summed E-state index contributed by atoms with van der Waals surface area (Å²) in [5.74, 6) is -1.15. The number of sulfonamides is 1. The molecule has 2 unspecified atom stereocenters. The van der Waals surface area contributed by atoms with Crippen LogP contribution in [0.15, 0.2) is 47.4 Å². The third kappa shape index (κ3) is 3.62. The third-order valence-electron chi connectivity index (χ3n) is 5.44. The first-order chi connectivity index (χ1) is 13.3. The molecule has 8 heteroatoms. The summed E-state index contributed by atoms with van der Waals surface area (Å²) in [5.41, 5.74) is 3.37. The molecule has 2 N–H and O–H groups in total. The lowest BCUT2D eigenvalue weighted by atomic mass is 9.82. The first-order valence-electron chi connectivity index (χ1n) is 9.20. The van der Waals surface area contributed by atoms with Crippen molar-refractivity contribution in [3.8, 4) is 0 Å². The van der Waals surface area contributed by atoms with Gasteiger partial charge >= 0.3 is 5.97 Å². The van der Waals surface area contributed by atoms with Crippen LogP contribution in [0.1, 0.15) is 29.9 Å². The van der Waals surface area contributed by atoms with Crippen LogP contribution in [-0.4, -0.2) is 38.6 Å². The molecule has 2 aromatic carbocycles. The molecule has 6 nitrogen and oxygen atoms in total. The van der Waals surface area contributed by atoms with Crippen molar-refractivity contribution in [1.82, 2.24) is 4.72 Å². The Balaban J connectivity index is 1.53. The van der Waals surface area contributed by atoms with E-state index in [1.54, 1.807) is 0 Å². The Morgan fingerprint density at radius 3 is 2.68 bits per heavy atom. The number of nitrogens with one attached hydrogen (secondary N) is 1. The Labute approximate surface area is 163 Å². The van der Waals surface area contributed by atoms with Crippen LogP contribution in [0.5, 0.6) is 0 Å². The van der Waals surface area contributed by atoms with Gasteiger partial charge < -0.3 is 10.0 Å². The summed E-state index contributed by atoms with van der Waals surface area (Å²) < 4.78 is 41.2. The average Bonchev–Trinajstić information content (AvgIpc) is 2.99. The standard InChI is InChI=1S/C20H21FN2O4S/c21-15-4-6-17(7-5-15)28(26,27)22-16-10-13-2-1-3-18-20(13)14(11-16)12-23(18)9-8-19(24)25/h1-7,14,16,22H,8-12H2,(H,24,25). The van der Waals surface area contributed by atoms with E-state index in [0.717, 1.165) is 23.4 Å². The van der Waals surface area contributed by atoms with E-state index >= 15 is 0 Å². The maximum atomic E-state index is 13.1. The number of nitrogens with zero attached hydrogens (tertiary/aromatic N) is 1. The molecule has 1 heterocycles. The lowest BCUT2D eigenvalue weighted by Gasteiger charge is -2.29. The van der Waals surface area contributed by atoms with Gasteiger partial charge in [0.05, 0.1) is 11.3 Å². The van der Waals surface area contributed by atoms with Crippen LogP contribution in [0, 0.1) is 5.82 Å². The molecule has 1 aliphatic carbocycles. The van der Waals surface area contributed by atoms with Crippen LogP contribution >= 0.6 is 0 Å². The van der Waals surface area contributed by atoms with E-state index in [2.05, 4.69) is 9.62 Å². The zero-order valence-electron chi connectivity index (χ0n) is 15.1. The number of benzene rings is 2. The minimum atomic E-state index is -3.74. The van der Waals surface area contributed by atoms with E-state index in [-0.39, 0.29) is 23.3 Å². The Kier molecular flexibility index (Phi) is 4.84. The van der Waals surface area contributed by atoms with Gasteiger partial charge in [-0.1, -0.05) is 12.1 Å². The molecule has 0 spiro atoms. The van der Waals surface area contributed by atoms with Gasteiger partial charge in [0, 0.05) is 30.7 Å². The Morgan fingerprint density at radius 1 is 1.21 bits per heavy atom. The van der Waals surface area contributed by atoms with Gasteiger partial charge in [0.1, 0.15) is 5.82 Å². The maximum Gasteiger partial charge on any atom is 0.305 e. The van der Waals surface area contributed by atoms with Gasteiger partial charge in [-0.05, 0) is 54.3 Å². The SMILES string of the molecule is O=C(O)CCN1CC2CC(NS(=O)(=O)c3ccc(F)cc3)Cc3cccc1c32. The predicted molar refractivity (Wildman–Crippen MR) is 102 cm³/mol. The van der Waals surface area contributed by atoms with E-state index in [1.165, 1.54) is 17.7 Å². The fourth-order valence-corrected chi connectivity index (χ4v) is 5.55. The summed E-state index contributed by atoms with van der Waals surface area (Å²) in [6, 6.07) is 10.5. The van der Waals surface area contributed by atoms with E-state index in [1.807, 2.05) is 18.2 Å². The quantitative estimate of drug-likeness (QED) is 0.773. The van der Waals surface area contributed by atoms with E-state index in [9.17, 15) is 17.6 Å². The highest BCUT2D eigenvalue weighted by Crippen LogP contribution is 2.44. The van der Waals surface area contributed by atoms with Crippen molar-refractivity contribution in [2.45, 2.75) is 36.1 Å². The Morgan fingerprint density at radius 2 is 1.96 bits per heavy atom. The number of carboxylic acid groups (broad SMARTS) is 1. The van der Waals surface area contributed by atoms with Gasteiger partial charge in [0.2, 0.25) is 10.0 Å². The lowest BCUT2D eigenvalue weighted by Crippen LogP contribution is -2.40. The molecule has 1 aliphatic heterocycles. The van der Waals surface area contributed by atoms with Crippen LogP contribution in [0.4, 0.5) is 10.1 Å². The number of aliphatic carboxylic acids is 1. The Bertz CT molecular complexity index is 1010. The molecule has 0 saturated carbocycles. The zero-order valence-corrected chi connectivity index (χ0v) is 16.0. The van der Waals surface area contributed by atoms with Crippen molar-refractivity contribution < 1.29 is 22.7 Å². The number of hydrogen-bond donors (Lipinski definition) is 2. The summed E-state index contributed by atoms with van der Waals surface area (Å²) in [6.07, 6.45) is 1.29. The summed E-state index contributed by atoms with van der Waals surface area (Å²) in [5, 5.41) is 8.98. The first kappa shape index (κ1) is 18.9. The second-order valence-electron chi connectivity index (χ2n) is 7.35. The van der Waals surface area contributed by atoms with Gasteiger partial charge in [0.15, 0.2) is 0 Å². The predicted octanol–water partition coefficient (Wildman–Crippen LogP) is 2.50. The van der Waals surface area contributed by atoms with E-state index in [0.29, 0.717) is 25.9 Å². The third-order valence-corrected chi connectivity index (χ3v) is 6.98. The van der Waals surface area contributed by atoms with Gasteiger partial charge in [-0.15, -0.1) is 0 Å². The van der Waals surface area contributed by atoms with Crippen molar-refractivity contribution in [2.75, 3.05) is 18.0 Å². The highest BCUT2D eigenvalue weighted by molar-refractivity contribution is 7.89. The summed E-state index contributed by atoms with van der Waals surface area (Å²) >= 11 is 0. The molecule has 2 aliphatic rings. The van der Waals surface area contributed by atoms with E-state index < -0.39 is 21.8 Å². The molecule has 2 atom stereocenters. The molecule has 2 aromatic rings. The lowest BCUT2D eigenvalue weighted by molar-refractivity contribution is -0.136. The second kappa shape index (κ2) is 7.18. The topological polar surface area (TPSA) is 86.7 Å². The van der Waals surface area contributed by atoms with Crippen molar-refractivity contribution in [3.63, 3.8) is 0 Å². The normalized spacial score (nSPS) is 20.8. The fraction of sp³-hybridized carbons (Fsp3) is 0.350. The number of anilines is 1. The average molecular weight is 404 g/mol. The van der Waals surface area contributed by atoms with Crippen molar-refractivity contribution in [2.24, 2.45) is 0 Å². The van der Waals surface area contributed by atoms with Crippen LogP contribution in [0.2, 0.25) is 0 Å². The second-order valence-corrected chi connectivity index (χ2v) is 9.06. The van der Waals surface area contributed by atoms with Crippen LogP contribution in [-0.2, 0) is 21.2 Å². The van der Waals surface area contributed by atoms with Crippen LogP contribution < -0.4 is 9.62 Å².